The number of nitrogens with one attached hydrogen (secondary N) is 1. The zero-order valence-electron chi connectivity index (χ0n) is 14.4. The van der Waals surface area contributed by atoms with E-state index >= 15 is 0 Å². The third kappa shape index (κ3) is 5.71. The summed E-state index contributed by atoms with van der Waals surface area (Å²) in [5.41, 5.74) is 2.59. The van der Waals surface area contributed by atoms with Crippen LogP contribution in [0.15, 0.2) is 48.5 Å². The fraction of sp³-hybridized carbons (Fsp3) is 0.278. The normalized spacial score (nSPS) is 12.5. The maximum Gasteiger partial charge on any atom is 0.241 e. The smallest absolute Gasteiger partial charge is 0.241 e. The van der Waals surface area contributed by atoms with Crippen LogP contribution >= 0.6 is 22.6 Å². The second kappa shape index (κ2) is 8.18. The number of aryl methyl sites for hydroxylation is 1. The predicted molar refractivity (Wildman–Crippen MR) is 109 cm³/mol. The molecule has 0 saturated heterocycles. The zero-order chi connectivity index (χ0) is 18.6. The molecule has 5 nitrogen and oxygen atoms in total. The third-order valence-electron chi connectivity index (χ3n) is 3.76. The Morgan fingerprint density at radius 2 is 1.68 bits per heavy atom. The van der Waals surface area contributed by atoms with Crippen LogP contribution < -0.4 is 9.62 Å². The first-order valence-electron chi connectivity index (χ1n) is 7.76. The van der Waals surface area contributed by atoms with Crippen molar-refractivity contribution in [2.75, 3.05) is 17.1 Å². The first kappa shape index (κ1) is 19.7. The second-order valence-electron chi connectivity index (χ2n) is 5.95. The molecule has 0 unspecified atom stereocenters. The molecule has 0 saturated carbocycles. The molecule has 2 aromatic carbocycles. The van der Waals surface area contributed by atoms with Gasteiger partial charge in [0.15, 0.2) is 0 Å². The lowest BCUT2D eigenvalue weighted by molar-refractivity contribution is -0.120. The molecule has 0 spiro atoms. The number of rotatable bonds is 6. The molecule has 7 heteroatoms. The number of amides is 1. The Kier molecular flexibility index (Phi) is 6.45. The van der Waals surface area contributed by atoms with E-state index in [1.165, 1.54) is 0 Å². The first-order chi connectivity index (χ1) is 11.7. The molecule has 2 rings (SSSR count). The van der Waals surface area contributed by atoms with E-state index in [-0.39, 0.29) is 18.5 Å². The third-order valence-corrected chi connectivity index (χ3v) is 5.62. The number of carbonyl (C=O) groups is 1. The van der Waals surface area contributed by atoms with Gasteiger partial charge in [0.05, 0.1) is 18.0 Å². The molecule has 0 radical (unpaired) electrons. The van der Waals surface area contributed by atoms with Crippen LogP contribution in [0.1, 0.15) is 24.1 Å². The molecule has 0 aliphatic rings. The Bertz CT molecular complexity index is 834. The van der Waals surface area contributed by atoms with Gasteiger partial charge in [-0.1, -0.05) is 29.8 Å². The minimum Gasteiger partial charge on any atom is -0.348 e. The number of anilines is 1. The molecule has 0 bridgehead atoms. The first-order valence-corrected chi connectivity index (χ1v) is 10.7. The number of nitrogens with zero attached hydrogens (tertiary/aromatic N) is 1. The predicted octanol–water partition coefficient (Wildman–Crippen LogP) is 3.24. The van der Waals surface area contributed by atoms with E-state index in [2.05, 4.69) is 27.9 Å². The molecule has 1 N–H and O–H groups in total. The van der Waals surface area contributed by atoms with Crippen LogP contribution in [0.2, 0.25) is 0 Å². The SMILES string of the molecule is Cc1ccc([C@@H](C)NC(=O)CN(c2ccc(I)cc2)S(C)(=O)=O)cc1. The van der Waals surface area contributed by atoms with E-state index in [1.807, 2.05) is 38.1 Å². The van der Waals surface area contributed by atoms with Gasteiger partial charge in [-0.3, -0.25) is 9.10 Å². The van der Waals surface area contributed by atoms with Gasteiger partial charge in [-0.05, 0) is 66.3 Å². The highest BCUT2D eigenvalue weighted by Gasteiger charge is 2.21. The monoisotopic (exact) mass is 472 g/mol. The zero-order valence-corrected chi connectivity index (χ0v) is 17.3. The summed E-state index contributed by atoms with van der Waals surface area (Å²) < 4.78 is 26.3. The van der Waals surface area contributed by atoms with Crippen molar-refractivity contribution in [1.29, 1.82) is 0 Å². The van der Waals surface area contributed by atoms with Gasteiger partial charge in [0.1, 0.15) is 6.54 Å². The summed E-state index contributed by atoms with van der Waals surface area (Å²) in [5, 5.41) is 2.85. The molecule has 134 valence electrons. The van der Waals surface area contributed by atoms with Gasteiger partial charge < -0.3 is 5.32 Å². The molecule has 0 aliphatic carbocycles. The van der Waals surface area contributed by atoms with Crippen molar-refractivity contribution < 1.29 is 13.2 Å². The minimum absolute atomic E-state index is 0.203. The number of hydrogen-bond donors (Lipinski definition) is 1. The molecule has 0 aliphatic heterocycles. The van der Waals surface area contributed by atoms with Gasteiger partial charge in [0.2, 0.25) is 15.9 Å². The van der Waals surface area contributed by atoms with Gasteiger partial charge >= 0.3 is 0 Å². The quantitative estimate of drug-likeness (QED) is 0.657. The van der Waals surface area contributed by atoms with E-state index in [0.29, 0.717) is 5.69 Å². The van der Waals surface area contributed by atoms with Gasteiger partial charge in [0, 0.05) is 3.57 Å². The molecule has 0 aromatic heterocycles. The van der Waals surface area contributed by atoms with Crippen molar-refractivity contribution in [3.05, 3.63) is 63.2 Å². The van der Waals surface area contributed by atoms with Crippen LogP contribution in [0, 0.1) is 10.5 Å². The lowest BCUT2D eigenvalue weighted by Crippen LogP contribution is -2.41. The summed E-state index contributed by atoms with van der Waals surface area (Å²) in [6.45, 7) is 3.62. The maximum atomic E-state index is 12.4. The number of sulfonamides is 1. The van der Waals surface area contributed by atoms with Crippen LogP contribution in [-0.2, 0) is 14.8 Å². The van der Waals surface area contributed by atoms with Crippen LogP contribution in [-0.4, -0.2) is 27.1 Å². The lowest BCUT2D eigenvalue weighted by Gasteiger charge is -2.23. The topological polar surface area (TPSA) is 66.5 Å². The fourth-order valence-electron chi connectivity index (χ4n) is 2.36. The van der Waals surface area contributed by atoms with E-state index in [4.69, 9.17) is 0 Å². The van der Waals surface area contributed by atoms with Crippen molar-refractivity contribution in [3.63, 3.8) is 0 Å². The molecular weight excluding hydrogens is 451 g/mol. The van der Waals surface area contributed by atoms with Gasteiger partial charge in [-0.15, -0.1) is 0 Å². The lowest BCUT2D eigenvalue weighted by atomic mass is 10.1. The van der Waals surface area contributed by atoms with Crippen LogP contribution in [0.4, 0.5) is 5.69 Å². The van der Waals surface area contributed by atoms with Crippen molar-refractivity contribution >= 4 is 44.2 Å². The Morgan fingerprint density at radius 3 is 2.20 bits per heavy atom. The summed E-state index contributed by atoms with van der Waals surface area (Å²) in [6.07, 6.45) is 1.10. The second-order valence-corrected chi connectivity index (χ2v) is 9.10. The largest absolute Gasteiger partial charge is 0.348 e. The van der Waals surface area contributed by atoms with Crippen LogP contribution in [0.5, 0.6) is 0 Å². The molecule has 25 heavy (non-hydrogen) atoms. The Morgan fingerprint density at radius 1 is 1.12 bits per heavy atom. The summed E-state index contributed by atoms with van der Waals surface area (Å²) in [7, 11) is -3.56. The molecule has 0 heterocycles. The average molecular weight is 472 g/mol. The van der Waals surface area contributed by atoms with Crippen molar-refractivity contribution in [2.24, 2.45) is 0 Å². The number of halogens is 1. The fourth-order valence-corrected chi connectivity index (χ4v) is 3.58. The number of carbonyl (C=O) groups excluding carboxylic acids is 1. The Labute approximate surface area is 162 Å². The van der Waals surface area contributed by atoms with Gasteiger partial charge in [-0.25, -0.2) is 8.42 Å². The maximum absolute atomic E-state index is 12.4. The van der Waals surface area contributed by atoms with Gasteiger partial charge in [-0.2, -0.15) is 0 Å². The molecule has 1 amide bonds. The average Bonchev–Trinajstić information content (AvgIpc) is 2.53. The number of hydrogen-bond acceptors (Lipinski definition) is 3. The number of benzene rings is 2. The van der Waals surface area contributed by atoms with Crippen molar-refractivity contribution in [3.8, 4) is 0 Å². The van der Waals surface area contributed by atoms with E-state index < -0.39 is 10.0 Å². The molecule has 0 fully saturated rings. The molecule has 1 atom stereocenters. The molecular formula is C18H21IN2O3S. The van der Waals surface area contributed by atoms with Crippen LogP contribution in [0.25, 0.3) is 0 Å². The Balaban J connectivity index is 2.12. The van der Waals surface area contributed by atoms with E-state index in [0.717, 1.165) is 25.3 Å². The van der Waals surface area contributed by atoms with Gasteiger partial charge in [0.25, 0.3) is 0 Å². The highest BCUT2D eigenvalue weighted by molar-refractivity contribution is 14.1. The van der Waals surface area contributed by atoms with E-state index in [1.54, 1.807) is 24.3 Å². The van der Waals surface area contributed by atoms with Crippen molar-refractivity contribution in [2.45, 2.75) is 19.9 Å². The highest BCUT2D eigenvalue weighted by atomic mass is 127. The summed E-state index contributed by atoms with van der Waals surface area (Å²) in [6, 6.07) is 14.7. The summed E-state index contributed by atoms with van der Waals surface area (Å²) >= 11 is 2.14. The van der Waals surface area contributed by atoms with Crippen LogP contribution in [0.3, 0.4) is 0 Å². The summed E-state index contributed by atoms with van der Waals surface area (Å²) in [4.78, 5) is 12.4. The highest BCUT2D eigenvalue weighted by Crippen LogP contribution is 2.19. The summed E-state index contributed by atoms with van der Waals surface area (Å²) in [5.74, 6) is -0.350. The van der Waals surface area contributed by atoms with Crippen molar-refractivity contribution in [1.82, 2.24) is 5.32 Å². The standard InChI is InChI=1S/C18H21IN2O3S/c1-13-4-6-15(7-5-13)14(2)20-18(22)12-21(25(3,23)24)17-10-8-16(19)9-11-17/h4-11,14H,12H2,1-3H3,(H,20,22)/t14-/m1/s1. The Hall–Kier alpha value is -1.61. The van der Waals surface area contributed by atoms with E-state index in [9.17, 15) is 13.2 Å². The minimum atomic E-state index is -3.56. The molecule has 2 aromatic rings.